The zero-order valence-electron chi connectivity index (χ0n) is 9.30. The lowest BCUT2D eigenvalue weighted by molar-refractivity contribution is 0.187. The molecule has 0 spiro atoms. The first kappa shape index (κ1) is 11.4. The van der Waals surface area contributed by atoms with E-state index in [9.17, 15) is 5.11 Å². The van der Waals surface area contributed by atoms with Gasteiger partial charge in [-0.1, -0.05) is 6.07 Å². The number of aliphatic hydroxyl groups excluding tert-OH is 1. The van der Waals surface area contributed by atoms with E-state index in [0.717, 1.165) is 11.1 Å². The second kappa shape index (κ2) is 4.42. The fraction of sp³-hybridized carbons (Fsp3) is 0.273. The molecule has 17 heavy (non-hydrogen) atoms. The van der Waals surface area contributed by atoms with Crippen LogP contribution in [0.15, 0.2) is 28.2 Å². The molecule has 0 saturated heterocycles. The molecule has 0 saturated carbocycles. The van der Waals surface area contributed by atoms with Gasteiger partial charge in [0.15, 0.2) is 5.96 Å². The fourth-order valence-electron chi connectivity index (χ4n) is 1.94. The van der Waals surface area contributed by atoms with Gasteiger partial charge in [0.1, 0.15) is 0 Å². The molecule has 6 nitrogen and oxygen atoms in total. The van der Waals surface area contributed by atoms with Crippen LogP contribution in [0.1, 0.15) is 11.1 Å². The Morgan fingerprint density at radius 1 is 1.18 bits per heavy atom. The van der Waals surface area contributed by atoms with Crippen molar-refractivity contribution in [1.82, 2.24) is 0 Å². The van der Waals surface area contributed by atoms with Gasteiger partial charge < -0.3 is 22.3 Å². The molecule has 90 valence electrons. The maximum absolute atomic E-state index is 9.53. The van der Waals surface area contributed by atoms with E-state index in [1.54, 1.807) is 0 Å². The molecule has 0 amide bonds. The van der Waals surface area contributed by atoms with Crippen molar-refractivity contribution in [3.8, 4) is 0 Å². The van der Waals surface area contributed by atoms with Gasteiger partial charge in [0.05, 0.1) is 11.8 Å². The minimum Gasteiger partial charge on any atom is -0.392 e. The number of aliphatic imine (C=N–C) groups is 2. The van der Waals surface area contributed by atoms with Gasteiger partial charge in [-0.2, -0.15) is 4.99 Å². The molecule has 2 rings (SSSR count). The molecule has 1 aliphatic carbocycles. The van der Waals surface area contributed by atoms with Crippen molar-refractivity contribution in [2.24, 2.45) is 27.2 Å². The lowest BCUT2D eigenvalue weighted by Crippen LogP contribution is -2.26. The lowest BCUT2D eigenvalue weighted by Gasteiger charge is -2.00. The van der Waals surface area contributed by atoms with Crippen molar-refractivity contribution < 1.29 is 5.11 Å². The highest BCUT2D eigenvalue weighted by molar-refractivity contribution is 5.93. The Hall–Kier alpha value is -2.08. The van der Waals surface area contributed by atoms with Crippen molar-refractivity contribution >= 4 is 17.6 Å². The van der Waals surface area contributed by atoms with Gasteiger partial charge in [-0.3, -0.25) is 0 Å². The standard InChI is InChI=1S/C11H15N5O/c12-10(13)16-11(14)15-8-2-1-6-4-9(17)5-7(6)3-8/h1-3,9,17H,4-5H2,(H6,12,13,14,15,16). The van der Waals surface area contributed by atoms with Crippen LogP contribution in [-0.4, -0.2) is 23.1 Å². The molecule has 0 radical (unpaired) electrons. The number of hydrogen-bond acceptors (Lipinski definition) is 2. The number of rotatable bonds is 1. The van der Waals surface area contributed by atoms with Crippen molar-refractivity contribution in [1.29, 1.82) is 0 Å². The van der Waals surface area contributed by atoms with E-state index < -0.39 is 0 Å². The van der Waals surface area contributed by atoms with E-state index in [1.165, 1.54) is 0 Å². The quantitative estimate of drug-likeness (QED) is 0.380. The van der Waals surface area contributed by atoms with Crippen LogP contribution in [0.25, 0.3) is 0 Å². The number of nitrogens with two attached hydrogens (primary N) is 3. The van der Waals surface area contributed by atoms with Crippen LogP contribution in [0.5, 0.6) is 0 Å². The highest BCUT2D eigenvalue weighted by Crippen LogP contribution is 2.26. The minimum absolute atomic E-state index is 0.0171. The zero-order valence-corrected chi connectivity index (χ0v) is 9.30. The van der Waals surface area contributed by atoms with Gasteiger partial charge in [-0.15, -0.1) is 0 Å². The third kappa shape index (κ3) is 2.73. The number of benzene rings is 1. The van der Waals surface area contributed by atoms with Gasteiger partial charge >= 0.3 is 0 Å². The molecule has 1 aromatic rings. The lowest BCUT2D eigenvalue weighted by atomic mass is 10.1. The third-order valence-corrected chi connectivity index (χ3v) is 2.59. The van der Waals surface area contributed by atoms with Crippen molar-refractivity contribution in [3.05, 3.63) is 29.3 Å². The van der Waals surface area contributed by atoms with Crippen molar-refractivity contribution in [3.63, 3.8) is 0 Å². The van der Waals surface area contributed by atoms with Gasteiger partial charge in [0.2, 0.25) is 5.96 Å². The molecule has 1 aromatic carbocycles. The smallest absolute Gasteiger partial charge is 0.223 e. The molecule has 0 aromatic heterocycles. The highest BCUT2D eigenvalue weighted by Gasteiger charge is 2.18. The molecule has 0 heterocycles. The van der Waals surface area contributed by atoms with Crippen LogP contribution in [0.2, 0.25) is 0 Å². The van der Waals surface area contributed by atoms with Gasteiger partial charge in [0.25, 0.3) is 0 Å². The third-order valence-electron chi connectivity index (χ3n) is 2.59. The Morgan fingerprint density at radius 3 is 2.59 bits per heavy atom. The Bertz CT molecular complexity index is 491. The molecule has 1 unspecified atom stereocenters. The first-order valence-corrected chi connectivity index (χ1v) is 5.28. The monoisotopic (exact) mass is 233 g/mol. The summed E-state index contributed by atoms with van der Waals surface area (Å²) in [5, 5.41) is 9.53. The SMILES string of the molecule is NC(N)=NC(N)=Nc1ccc2c(c1)CC(O)C2. The molecule has 7 N–H and O–H groups in total. The van der Waals surface area contributed by atoms with E-state index >= 15 is 0 Å². The largest absolute Gasteiger partial charge is 0.392 e. The zero-order chi connectivity index (χ0) is 12.4. The summed E-state index contributed by atoms with van der Waals surface area (Å²) in [5.74, 6) is -0.105. The highest BCUT2D eigenvalue weighted by atomic mass is 16.3. The molecule has 1 atom stereocenters. The number of fused-ring (bicyclic) bond motifs is 1. The molecular formula is C11H15N5O. The van der Waals surface area contributed by atoms with Gasteiger partial charge in [0, 0.05) is 0 Å². The molecule has 0 aliphatic heterocycles. The topological polar surface area (TPSA) is 123 Å². The van der Waals surface area contributed by atoms with E-state index in [0.29, 0.717) is 18.5 Å². The van der Waals surface area contributed by atoms with Crippen molar-refractivity contribution in [2.75, 3.05) is 0 Å². The van der Waals surface area contributed by atoms with Crippen LogP contribution < -0.4 is 17.2 Å². The predicted molar refractivity (Wildman–Crippen MR) is 66.9 cm³/mol. The van der Waals surface area contributed by atoms with Crippen LogP contribution in [0.4, 0.5) is 5.69 Å². The Labute approximate surface area is 98.9 Å². The van der Waals surface area contributed by atoms with E-state index in [2.05, 4.69) is 9.98 Å². The predicted octanol–water partition coefficient (Wildman–Crippen LogP) is -0.634. The molecule has 0 bridgehead atoms. The second-order valence-corrected chi connectivity index (χ2v) is 4.02. The van der Waals surface area contributed by atoms with Gasteiger partial charge in [-0.25, -0.2) is 4.99 Å². The first-order valence-electron chi connectivity index (χ1n) is 5.28. The number of hydrogen-bond donors (Lipinski definition) is 4. The number of aliphatic hydroxyl groups is 1. The Kier molecular flexibility index (Phi) is 2.97. The Morgan fingerprint density at radius 2 is 1.88 bits per heavy atom. The molecule has 1 aliphatic rings. The summed E-state index contributed by atoms with van der Waals surface area (Å²) in [5.41, 5.74) is 18.8. The average molecular weight is 233 g/mol. The number of nitrogens with zero attached hydrogens (tertiary/aromatic N) is 2. The van der Waals surface area contributed by atoms with Crippen LogP contribution in [0, 0.1) is 0 Å². The van der Waals surface area contributed by atoms with E-state index in [1.807, 2.05) is 18.2 Å². The van der Waals surface area contributed by atoms with E-state index in [-0.39, 0.29) is 18.0 Å². The molecule has 6 heteroatoms. The molecular weight excluding hydrogens is 218 g/mol. The summed E-state index contributed by atoms with van der Waals surface area (Å²) in [4.78, 5) is 7.70. The minimum atomic E-state index is -0.292. The summed E-state index contributed by atoms with van der Waals surface area (Å²) in [7, 11) is 0. The first-order chi connectivity index (χ1) is 8.04. The summed E-state index contributed by atoms with van der Waals surface area (Å²) in [6.07, 6.45) is 1.06. The summed E-state index contributed by atoms with van der Waals surface area (Å²) < 4.78 is 0. The molecule has 0 fully saturated rings. The van der Waals surface area contributed by atoms with Gasteiger partial charge in [-0.05, 0) is 36.1 Å². The van der Waals surface area contributed by atoms with Crippen LogP contribution in [0.3, 0.4) is 0 Å². The summed E-state index contributed by atoms with van der Waals surface area (Å²) >= 11 is 0. The Balaban J connectivity index is 2.25. The fourth-order valence-corrected chi connectivity index (χ4v) is 1.94. The second-order valence-electron chi connectivity index (χ2n) is 4.02. The van der Waals surface area contributed by atoms with Crippen molar-refractivity contribution in [2.45, 2.75) is 18.9 Å². The summed E-state index contributed by atoms with van der Waals surface area (Å²) in [6.45, 7) is 0. The maximum atomic E-state index is 9.53. The average Bonchev–Trinajstić information content (AvgIpc) is 2.55. The van der Waals surface area contributed by atoms with E-state index in [4.69, 9.17) is 17.2 Å². The normalized spacial score (nSPS) is 18.9. The summed E-state index contributed by atoms with van der Waals surface area (Å²) in [6, 6.07) is 5.65. The van der Waals surface area contributed by atoms with Crippen LogP contribution >= 0.6 is 0 Å². The van der Waals surface area contributed by atoms with Crippen LogP contribution in [-0.2, 0) is 12.8 Å². The maximum Gasteiger partial charge on any atom is 0.223 e. The number of guanidine groups is 2.